The van der Waals surface area contributed by atoms with Crippen LogP contribution in [0.15, 0.2) is 79.1 Å². The highest BCUT2D eigenvalue weighted by molar-refractivity contribution is 5.90. The van der Waals surface area contributed by atoms with Crippen molar-refractivity contribution in [2.45, 2.75) is 38.7 Å². The fraction of sp³-hybridized carbons (Fsp3) is 0.250. The van der Waals surface area contributed by atoms with Gasteiger partial charge in [0, 0.05) is 6.42 Å². The fourth-order valence-corrected chi connectivity index (χ4v) is 4.18. The third-order valence-corrected chi connectivity index (χ3v) is 6.18. The number of esters is 2. The molecule has 1 aliphatic rings. The van der Waals surface area contributed by atoms with E-state index >= 15 is 0 Å². The highest BCUT2D eigenvalue weighted by Gasteiger charge is 2.40. The van der Waals surface area contributed by atoms with Crippen molar-refractivity contribution in [3.8, 4) is 0 Å². The number of para-hydroxylation sites is 2. The molecule has 7 heteroatoms. The Morgan fingerprint density at radius 3 is 2.23 bits per heavy atom. The first-order valence-electron chi connectivity index (χ1n) is 11.6. The van der Waals surface area contributed by atoms with Gasteiger partial charge in [-0.2, -0.15) is 0 Å². The summed E-state index contributed by atoms with van der Waals surface area (Å²) in [6.45, 7) is 3.87. The summed E-state index contributed by atoms with van der Waals surface area (Å²) in [6.07, 6.45) is 0.492. The van der Waals surface area contributed by atoms with E-state index in [4.69, 9.17) is 14.2 Å². The molecule has 3 aromatic carbocycles. The molecule has 0 spiro atoms. The van der Waals surface area contributed by atoms with Crippen LogP contribution >= 0.6 is 0 Å². The Bertz CT molecular complexity index is 1340. The molecule has 5 rings (SSSR count). The molecule has 0 bridgehead atoms. The van der Waals surface area contributed by atoms with Crippen molar-refractivity contribution < 1.29 is 23.8 Å². The molecule has 35 heavy (non-hydrogen) atoms. The molecule has 0 amide bonds. The Hall–Kier alpha value is -3.97. The lowest BCUT2D eigenvalue weighted by atomic mass is 10.1. The van der Waals surface area contributed by atoms with Crippen molar-refractivity contribution in [2.75, 3.05) is 6.61 Å². The van der Waals surface area contributed by atoms with E-state index in [9.17, 15) is 9.59 Å². The summed E-state index contributed by atoms with van der Waals surface area (Å²) < 4.78 is 19.6. The maximum absolute atomic E-state index is 12.8. The molecule has 7 nitrogen and oxygen atoms in total. The highest BCUT2D eigenvalue weighted by Crippen LogP contribution is 2.34. The number of fused-ring (bicyclic) bond motifs is 1. The van der Waals surface area contributed by atoms with E-state index in [-0.39, 0.29) is 6.61 Å². The number of carbonyl (C=O) groups is 2. The molecule has 0 radical (unpaired) electrons. The van der Waals surface area contributed by atoms with Crippen molar-refractivity contribution >= 4 is 23.0 Å². The van der Waals surface area contributed by atoms with Gasteiger partial charge in [-0.1, -0.05) is 47.5 Å². The standard InChI is InChI=1S/C28H26N2O5/c1-18-7-11-20(12-8-18)27(31)33-16-25-24(35-28(32)21-13-9-19(2)10-14-21)15-26(34-25)30-17-29-22-5-3-4-6-23(22)30/h3-14,17,24-26H,15-16H2,1-2H3/t24-,25+,26-/m0/s1. The van der Waals surface area contributed by atoms with Gasteiger partial charge in [-0.25, -0.2) is 14.6 Å². The van der Waals surface area contributed by atoms with Crippen molar-refractivity contribution in [2.24, 2.45) is 0 Å². The van der Waals surface area contributed by atoms with Crippen molar-refractivity contribution in [3.63, 3.8) is 0 Å². The van der Waals surface area contributed by atoms with Gasteiger partial charge in [0.05, 0.1) is 28.5 Å². The summed E-state index contributed by atoms with van der Waals surface area (Å²) in [6, 6.07) is 22.1. The van der Waals surface area contributed by atoms with Gasteiger partial charge in [0.1, 0.15) is 25.0 Å². The normalized spacial score (nSPS) is 19.5. The Labute approximate surface area is 203 Å². The second-order valence-corrected chi connectivity index (χ2v) is 8.78. The molecule has 3 atom stereocenters. The zero-order valence-corrected chi connectivity index (χ0v) is 19.6. The third-order valence-electron chi connectivity index (χ3n) is 6.18. The zero-order chi connectivity index (χ0) is 24.4. The van der Waals surface area contributed by atoms with Crippen LogP contribution in [0.1, 0.15) is 44.5 Å². The summed E-state index contributed by atoms with van der Waals surface area (Å²) in [7, 11) is 0. The Balaban J connectivity index is 1.34. The summed E-state index contributed by atoms with van der Waals surface area (Å²) in [5, 5.41) is 0. The van der Waals surface area contributed by atoms with Crippen LogP contribution in [0.3, 0.4) is 0 Å². The smallest absolute Gasteiger partial charge is 0.338 e. The average Bonchev–Trinajstić information content (AvgIpc) is 3.47. The van der Waals surface area contributed by atoms with Crippen molar-refractivity contribution in [3.05, 3.63) is 101 Å². The van der Waals surface area contributed by atoms with Crippen molar-refractivity contribution in [1.29, 1.82) is 0 Å². The molecule has 1 aliphatic heterocycles. The van der Waals surface area contributed by atoms with Crippen LogP contribution in [0.25, 0.3) is 11.0 Å². The zero-order valence-electron chi connectivity index (χ0n) is 19.6. The van der Waals surface area contributed by atoms with Gasteiger partial charge in [0.15, 0.2) is 0 Å². The molecule has 0 N–H and O–H groups in total. The number of hydrogen-bond acceptors (Lipinski definition) is 6. The number of ether oxygens (including phenoxy) is 3. The highest BCUT2D eigenvalue weighted by atomic mass is 16.6. The first-order valence-corrected chi connectivity index (χ1v) is 11.6. The molecular weight excluding hydrogens is 444 g/mol. The first kappa shape index (κ1) is 22.8. The molecular formula is C28H26N2O5. The monoisotopic (exact) mass is 470 g/mol. The van der Waals surface area contributed by atoms with E-state index < -0.39 is 30.4 Å². The van der Waals surface area contributed by atoms with Crippen molar-refractivity contribution in [1.82, 2.24) is 9.55 Å². The van der Waals surface area contributed by atoms with Gasteiger partial charge < -0.3 is 18.8 Å². The van der Waals surface area contributed by atoms with Crippen LogP contribution in [0.4, 0.5) is 0 Å². The summed E-state index contributed by atoms with van der Waals surface area (Å²) >= 11 is 0. The van der Waals surface area contributed by atoms with Gasteiger partial charge in [-0.15, -0.1) is 0 Å². The lowest BCUT2D eigenvalue weighted by molar-refractivity contribution is -0.0562. The molecule has 2 heterocycles. The Morgan fingerprint density at radius 2 is 1.54 bits per heavy atom. The largest absolute Gasteiger partial charge is 0.459 e. The lowest BCUT2D eigenvalue weighted by Crippen LogP contribution is -2.32. The van der Waals surface area contributed by atoms with Crippen LogP contribution in [0.5, 0.6) is 0 Å². The molecule has 0 unspecified atom stereocenters. The van der Waals surface area contributed by atoms with Gasteiger partial charge in [-0.05, 0) is 50.2 Å². The Kier molecular flexibility index (Phi) is 6.33. The van der Waals surface area contributed by atoms with E-state index in [0.29, 0.717) is 17.5 Å². The van der Waals surface area contributed by atoms with Gasteiger partial charge >= 0.3 is 11.9 Å². The molecule has 1 saturated heterocycles. The quantitative estimate of drug-likeness (QED) is 0.368. The number of benzene rings is 3. The topological polar surface area (TPSA) is 79.7 Å². The minimum atomic E-state index is -0.620. The molecule has 1 fully saturated rings. The predicted molar refractivity (Wildman–Crippen MR) is 130 cm³/mol. The number of rotatable bonds is 6. The average molecular weight is 471 g/mol. The SMILES string of the molecule is Cc1ccc(C(=O)OC[C@H]2O[C@H](n3cnc4ccccc43)C[C@@H]2OC(=O)c2ccc(C)cc2)cc1. The fourth-order valence-electron chi connectivity index (χ4n) is 4.18. The molecule has 0 aliphatic carbocycles. The number of hydrogen-bond donors (Lipinski definition) is 0. The molecule has 4 aromatic rings. The van der Waals surface area contributed by atoms with E-state index in [0.717, 1.165) is 22.2 Å². The number of imidazole rings is 1. The number of aromatic nitrogens is 2. The molecule has 0 saturated carbocycles. The van der Waals surface area contributed by atoms with E-state index in [1.54, 1.807) is 30.6 Å². The third kappa shape index (κ3) is 4.95. The summed E-state index contributed by atoms with van der Waals surface area (Å²) in [5.74, 6) is -0.890. The van der Waals surface area contributed by atoms with E-state index in [2.05, 4.69) is 4.98 Å². The van der Waals surface area contributed by atoms with Crippen LogP contribution < -0.4 is 0 Å². The molecule has 178 valence electrons. The second kappa shape index (κ2) is 9.72. The van der Waals surface area contributed by atoms with Crippen LogP contribution in [-0.2, 0) is 14.2 Å². The van der Waals surface area contributed by atoms with Crippen LogP contribution in [-0.4, -0.2) is 40.3 Å². The van der Waals surface area contributed by atoms with E-state index in [1.165, 1.54) is 0 Å². The Morgan fingerprint density at radius 1 is 0.914 bits per heavy atom. The molecule has 1 aromatic heterocycles. The lowest BCUT2D eigenvalue weighted by Gasteiger charge is -2.19. The maximum atomic E-state index is 12.8. The van der Waals surface area contributed by atoms with E-state index in [1.807, 2.05) is 66.9 Å². The predicted octanol–water partition coefficient (Wildman–Crippen LogP) is 5.02. The van der Waals surface area contributed by atoms with Gasteiger partial charge in [0.25, 0.3) is 0 Å². The number of aryl methyl sites for hydroxylation is 2. The maximum Gasteiger partial charge on any atom is 0.338 e. The summed E-state index contributed by atoms with van der Waals surface area (Å²) in [5.41, 5.74) is 4.79. The first-order chi connectivity index (χ1) is 17.0. The number of nitrogens with zero attached hydrogens (tertiary/aromatic N) is 2. The number of carbonyl (C=O) groups excluding carboxylic acids is 2. The van der Waals surface area contributed by atoms with Crippen LogP contribution in [0.2, 0.25) is 0 Å². The summed E-state index contributed by atoms with van der Waals surface area (Å²) in [4.78, 5) is 29.9. The minimum Gasteiger partial charge on any atom is -0.459 e. The van der Waals surface area contributed by atoms with Crippen LogP contribution in [0, 0.1) is 13.8 Å². The second-order valence-electron chi connectivity index (χ2n) is 8.78. The van der Waals surface area contributed by atoms with Gasteiger partial charge in [-0.3, -0.25) is 0 Å². The van der Waals surface area contributed by atoms with Gasteiger partial charge in [0.2, 0.25) is 0 Å². The minimum absolute atomic E-state index is 0.0400.